The number of aromatic nitrogens is 2. The van der Waals surface area contributed by atoms with Gasteiger partial charge in [-0.1, -0.05) is 12.1 Å². The van der Waals surface area contributed by atoms with Crippen molar-refractivity contribution in [3.05, 3.63) is 24.3 Å². The van der Waals surface area contributed by atoms with Crippen molar-refractivity contribution in [1.82, 2.24) is 9.55 Å². The van der Waals surface area contributed by atoms with Crippen LogP contribution in [0.4, 0.5) is 0 Å². The molecule has 0 saturated heterocycles. The van der Waals surface area contributed by atoms with Gasteiger partial charge in [-0.2, -0.15) is 4.98 Å². The fourth-order valence-corrected chi connectivity index (χ4v) is 2.02. The van der Waals surface area contributed by atoms with Crippen molar-refractivity contribution in [1.29, 1.82) is 0 Å². The zero-order chi connectivity index (χ0) is 14.2. The highest BCUT2D eigenvalue weighted by Crippen LogP contribution is 2.21. The largest absolute Gasteiger partial charge is 0.462 e. The van der Waals surface area contributed by atoms with Crippen molar-refractivity contribution in [2.24, 2.45) is 0 Å². The molecule has 2 rings (SSSR count). The summed E-state index contributed by atoms with van der Waals surface area (Å²) in [5, 5.41) is 0. The summed E-state index contributed by atoms with van der Waals surface area (Å²) >= 11 is 0. The highest BCUT2D eigenvalue weighted by molar-refractivity contribution is 5.76. The number of ether oxygens (including phenoxy) is 3. The second-order valence-electron chi connectivity index (χ2n) is 4.28. The molecule has 0 amide bonds. The van der Waals surface area contributed by atoms with E-state index in [1.54, 1.807) is 0 Å². The van der Waals surface area contributed by atoms with E-state index in [1.807, 2.05) is 38.1 Å². The molecule has 0 atom stereocenters. The highest BCUT2D eigenvalue weighted by Gasteiger charge is 2.11. The average molecular weight is 278 g/mol. The van der Waals surface area contributed by atoms with E-state index in [-0.39, 0.29) is 0 Å². The summed E-state index contributed by atoms with van der Waals surface area (Å²) in [5.74, 6) is 0. The van der Waals surface area contributed by atoms with Crippen LogP contribution in [0.2, 0.25) is 0 Å². The molecule has 0 radical (unpaired) electrons. The Balaban J connectivity index is 2.11. The Hall–Kier alpha value is -1.59. The van der Waals surface area contributed by atoms with Gasteiger partial charge in [0.2, 0.25) is 0 Å². The smallest absolute Gasteiger partial charge is 0.297 e. The summed E-state index contributed by atoms with van der Waals surface area (Å²) < 4.78 is 18.5. The Morgan fingerprint density at radius 3 is 2.55 bits per heavy atom. The second kappa shape index (κ2) is 7.87. The van der Waals surface area contributed by atoms with Crippen LogP contribution in [0.15, 0.2) is 24.3 Å². The monoisotopic (exact) mass is 278 g/mol. The summed E-state index contributed by atoms with van der Waals surface area (Å²) in [6.45, 7) is 7.84. The van der Waals surface area contributed by atoms with Crippen LogP contribution >= 0.6 is 0 Å². The topological polar surface area (TPSA) is 45.5 Å². The second-order valence-corrected chi connectivity index (χ2v) is 4.28. The molecule has 0 spiro atoms. The fraction of sp³-hybridized carbons (Fsp3) is 0.533. The molecule has 0 aliphatic carbocycles. The van der Waals surface area contributed by atoms with E-state index in [4.69, 9.17) is 14.2 Å². The lowest BCUT2D eigenvalue weighted by atomic mass is 10.3. The van der Waals surface area contributed by atoms with Gasteiger partial charge in [0, 0.05) is 13.2 Å². The van der Waals surface area contributed by atoms with Crippen molar-refractivity contribution in [3.8, 4) is 6.01 Å². The quantitative estimate of drug-likeness (QED) is 0.661. The Bertz CT molecular complexity index is 525. The molecule has 1 aromatic heterocycles. The maximum absolute atomic E-state index is 5.73. The van der Waals surface area contributed by atoms with Gasteiger partial charge in [0.25, 0.3) is 6.01 Å². The normalized spacial score (nSPS) is 11.1. The molecule has 0 aliphatic rings. The lowest BCUT2D eigenvalue weighted by molar-refractivity contribution is 0.102. The Morgan fingerprint density at radius 1 is 1.00 bits per heavy atom. The van der Waals surface area contributed by atoms with Gasteiger partial charge < -0.3 is 14.2 Å². The molecular formula is C15H22N2O3. The third-order valence-corrected chi connectivity index (χ3v) is 2.95. The molecule has 1 heterocycles. The number of fused-ring (bicyclic) bond motifs is 1. The number of nitrogens with zero attached hydrogens (tertiary/aromatic N) is 2. The number of hydrogen-bond donors (Lipinski definition) is 0. The summed E-state index contributed by atoms with van der Waals surface area (Å²) in [4.78, 5) is 4.52. The van der Waals surface area contributed by atoms with E-state index in [0.717, 1.165) is 17.6 Å². The zero-order valence-corrected chi connectivity index (χ0v) is 12.2. The van der Waals surface area contributed by atoms with Crippen LogP contribution in [0.25, 0.3) is 11.0 Å². The summed E-state index contributed by atoms with van der Waals surface area (Å²) in [5.41, 5.74) is 2.01. The Kier molecular flexibility index (Phi) is 5.83. The lowest BCUT2D eigenvalue weighted by Crippen LogP contribution is -2.12. The van der Waals surface area contributed by atoms with Gasteiger partial charge in [-0.05, 0) is 26.0 Å². The Labute approximate surface area is 119 Å². The zero-order valence-electron chi connectivity index (χ0n) is 12.2. The first-order valence-electron chi connectivity index (χ1n) is 7.10. The van der Waals surface area contributed by atoms with Crippen LogP contribution in [0.1, 0.15) is 13.8 Å². The van der Waals surface area contributed by atoms with Crippen LogP contribution in [0, 0.1) is 0 Å². The van der Waals surface area contributed by atoms with Gasteiger partial charge in [-0.3, -0.25) is 4.57 Å². The molecular weight excluding hydrogens is 256 g/mol. The molecule has 0 N–H and O–H groups in total. The molecule has 1 aromatic carbocycles. The third kappa shape index (κ3) is 3.71. The van der Waals surface area contributed by atoms with Crippen molar-refractivity contribution >= 4 is 11.0 Å². The maximum Gasteiger partial charge on any atom is 0.297 e. The van der Waals surface area contributed by atoms with Gasteiger partial charge in [0.1, 0.15) is 6.61 Å². The first-order chi connectivity index (χ1) is 9.86. The minimum Gasteiger partial charge on any atom is -0.462 e. The number of imidazole rings is 1. The highest BCUT2D eigenvalue weighted by atomic mass is 16.5. The van der Waals surface area contributed by atoms with E-state index in [1.165, 1.54) is 0 Å². The minimum absolute atomic E-state index is 0.506. The van der Waals surface area contributed by atoms with Crippen LogP contribution in [0.3, 0.4) is 0 Å². The molecule has 5 nitrogen and oxygen atoms in total. The van der Waals surface area contributed by atoms with E-state index in [0.29, 0.717) is 39.0 Å². The molecule has 0 bridgehead atoms. The number of benzene rings is 1. The van der Waals surface area contributed by atoms with Crippen LogP contribution in [-0.2, 0) is 16.0 Å². The number of hydrogen-bond acceptors (Lipinski definition) is 4. The van der Waals surface area contributed by atoms with E-state index >= 15 is 0 Å². The van der Waals surface area contributed by atoms with Gasteiger partial charge in [0.05, 0.1) is 30.8 Å². The first-order valence-corrected chi connectivity index (χ1v) is 7.10. The van der Waals surface area contributed by atoms with Crippen molar-refractivity contribution in [3.63, 3.8) is 0 Å². The summed E-state index contributed by atoms with van der Waals surface area (Å²) in [6.07, 6.45) is 0. The standard InChI is InChI=1S/C15H22N2O3/c1-3-18-10-9-17-14-8-6-5-7-13(14)16-15(17)20-12-11-19-4-2/h5-8H,3-4,9-12H2,1-2H3. The van der Waals surface area contributed by atoms with E-state index in [9.17, 15) is 0 Å². The molecule has 0 unspecified atom stereocenters. The predicted octanol–water partition coefficient (Wildman–Crippen LogP) is 2.49. The van der Waals surface area contributed by atoms with Gasteiger partial charge in [-0.25, -0.2) is 0 Å². The molecule has 5 heteroatoms. The van der Waals surface area contributed by atoms with Crippen LogP contribution < -0.4 is 4.74 Å². The van der Waals surface area contributed by atoms with Gasteiger partial charge in [-0.15, -0.1) is 0 Å². The van der Waals surface area contributed by atoms with Crippen molar-refractivity contribution < 1.29 is 14.2 Å². The predicted molar refractivity (Wildman–Crippen MR) is 78.2 cm³/mol. The van der Waals surface area contributed by atoms with Crippen molar-refractivity contribution in [2.45, 2.75) is 20.4 Å². The lowest BCUT2D eigenvalue weighted by Gasteiger charge is -2.10. The number of para-hydroxylation sites is 2. The molecule has 2 aromatic rings. The Morgan fingerprint density at radius 2 is 1.75 bits per heavy atom. The van der Waals surface area contributed by atoms with Gasteiger partial charge in [0.15, 0.2) is 0 Å². The molecule has 110 valence electrons. The van der Waals surface area contributed by atoms with Crippen LogP contribution in [0.5, 0.6) is 6.01 Å². The SMILES string of the molecule is CCOCCOc1nc2ccccc2n1CCOCC. The minimum atomic E-state index is 0.506. The molecule has 20 heavy (non-hydrogen) atoms. The van der Waals surface area contributed by atoms with Gasteiger partial charge >= 0.3 is 0 Å². The van der Waals surface area contributed by atoms with E-state index in [2.05, 4.69) is 9.55 Å². The maximum atomic E-state index is 5.73. The number of rotatable bonds is 9. The summed E-state index contributed by atoms with van der Waals surface area (Å²) in [6, 6.07) is 8.65. The van der Waals surface area contributed by atoms with E-state index < -0.39 is 0 Å². The molecule has 0 saturated carbocycles. The summed E-state index contributed by atoms with van der Waals surface area (Å²) in [7, 11) is 0. The third-order valence-electron chi connectivity index (χ3n) is 2.95. The van der Waals surface area contributed by atoms with Crippen molar-refractivity contribution in [2.75, 3.05) is 33.0 Å². The molecule has 0 fully saturated rings. The van der Waals surface area contributed by atoms with Crippen LogP contribution in [-0.4, -0.2) is 42.6 Å². The fourth-order valence-electron chi connectivity index (χ4n) is 2.02. The average Bonchev–Trinajstić information content (AvgIpc) is 2.82. The molecule has 0 aliphatic heterocycles. The first kappa shape index (κ1) is 14.8.